The van der Waals surface area contributed by atoms with Crippen molar-refractivity contribution in [1.29, 1.82) is 0 Å². The summed E-state index contributed by atoms with van der Waals surface area (Å²) in [6, 6.07) is 6.02. The highest BCUT2D eigenvalue weighted by Crippen LogP contribution is 2.11. The first-order valence-electron chi connectivity index (χ1n) is 3.89. The van der Waals surface area contributed by atoms with E-state index < -0.39 is 5.91 Å². The van der Waals surface area contributed by atoms with Crippen LogP contribution in [-0.4, -0.2) is 11.8 Å². The zero-order chi connectivity index (χ0) is 10.6. The highest BCUT2D eigenvalue weighted by atomic mass is 16.3. The third-order valence-electron chi connectivity index (χ3n) is 1.51. The maximum Gasteiger partial charge on any atom is 0.316 e. The van der Waals surface area contributed by atoms with Crippen LogP contribution in [-0.2, 0) is 4.79 Å². The van der Waals surface area contributed by atoms with Crippen LogP contribution in [0, 0.1) is 4.91 Å². The van der Waals surface area contributed by atoms with Crippen molar-refractivity contribution in [2.45, 2.75) is 6.92 Å². The summed E-state index contributed by atoms with van der Waals surface area (Å²) in [4.78, 5) is 31.5. The number of amides is 2. The Morgan fingerprint density at radius 2 is 2.07 bits per heavy atom. The second-order valence-corrected chi connectivity index (χ2v) is 2.66. The lowest BCUT2D eigenvalue weighted by Crippen LogP contribution is -2.06. The molecule has 1 aromatic rings. The zero-order valence-corrected chi connectivity index (χ0v) is 7.48. The van der Waals surface area contributed by atoms with Gasteiger partial charge < -0.3 is 5.32 Å². The first kappa shape index (κ1) is 10.0. The number of carbonyl (C=O) groups excluding carboxylic acids is 2. The minimum atomic E-state index is -0.850. The number of anilines is 1. The zero-order valence-electron chi connectivity index (χ0n) is 7.48. The lowest BCUT2D eigenvalue weighted by molar-refractivity contribution is -0.114. The van der Waals surface area contributed by atoms with E-state index >= 15 is 0 Å². The molecule has 0 fully saturated rings. The molecule has 72 valence electrons. The third-order valence-corrected chi connectivity index (χ3v) is 1.51. The second-order valence-electron chi connectivity index (χ2n) is 2.66. The largest absolute Gasteiger partial charge is 0.326 e. The molecule has 5 nitrogen and oxygen atoms in total. The maximum absolute atomic E-state index is 10.9. The quantitative estimate of drug-likeness (QED) is 0.722. The fourth-order valence-electron chi connectivity index (χ4n) is 0.986. The van der Waals surface area contributed by atoms with Crippen molar-refractivity contribution in [3.05, 3.63) is 34.7 Å². The van der Waals surface area contributed by atoms with Gasteiger partial charge in [-0.15, -0.1) is 4.91 Å². The van der Waals surface area contributed by atoms with E-state index in [1.165, 1.54) is 19.1 Å². The smallest absolute Gasteiger partial charge is 0.316 e. The minimum Gasteiger partial charge on any atom is -0.326 e. The molecule has 14 heavy (non-hydrogen) atoms. The van der Waals surface area contributed by atoms with Gasteiger partial charge in [0, 0.05) is 23.4 Å². The normalized spacial score (nSPS) is 9.21. The summed E-state index contributed by atoms with van der Waals surface area (Å²) in [5.41, 5.74) is 0.623. The van der Waals surface area contributed by atoms with Crippen molar-refractivity contribution < 1.29 is 9.59 Å². The number of rotatable bonds is 2. The highest BCUT2D eigenvalue weighted by molar-refractivity contribution is 5.97. The fourth-order valence-corrected chi connectivity index (χ4v) is 0.986. The highest BCUT2D eigenvalue weighted by Gasteiger charge is 2.05. The molecule has 0 atom stereocenters. The molecule has 0 aliphatic heterocycles. The first-order valence-corrected chi connectivity index (χ1v) is 3.89. The summed E-state index contributed by atoms with van der Waals surface area (Å²) < 4.78 is 0. The summed E-state index contributed by atoms with van der Waals surface area (Å²) in [6.45, 7) is 1.35. The average Bonchev–Trinajstić information content (AvgIpc) is 2.16. The molecule has 0 aliphatic rings. The Hall–Kier alpha value is -2.04. The van der Waals surface area contributed by atoms with Gasteiger partial charge in [-0.1, -0.05) is 6.07 Å². The van der Waals surface area contributed by atoms with Crippen LogP contribution in [0.3, 0.4) is 0 Å². The van der Waals surface area contributed by atoms with Gasteiger partial charge in [-0.05, 0) is 18.2 Å². The van der Waals surface area contributed by atoms with Crippen LogP contribution >= 0.6 is 0 Å². The van der Waals surface area contributed by atoms with E-state index in [4.69, 9.17) is 0 Å². The van der Waals surface area contributed by atoms with Gasteiger partial charge in [0.25, 0.3) is 0 Å². The van der Waals surface area contributed by atoms with Crippen molar-refractivity contribution in [2.24, 2.45) is 5.18 Å². The minimum absolute atomic E-state index is 0.159. The van der Waals surface area contributed by atoms with Crippen LogP contribution in [0.2, 0.25) is 0 Å². The van der Waals surface area contributed by atoms with Gasteiger partial charge >= 0.3 is 5.91 Å². The second kappa shape index (κ2) is 4.27. The van der Waals surface area contributed by atoms with Gasteiger partial charge in [-0.3, -0.25) is 9.59 Å². The number of nitrogens with one attached hydrogen (secondary N) is 1. The molecule has 5 heteroatoms. The monoisotopic (exact) mass is 192 g/mol. The fraction of sp³-hybridized carbons (Fsp3) is 0.111. The number of hydrogen-bond acceptors (Lipinski definition) is 3. The molecule has 1 aromatic carbocycles. The van der Waals surface area contributed by atoms with Gasteiger partial charge in [-0.25, -0.2) is 0 Å². The molecule has 0 aliphatic carbocycles. The topological polar surface area (TPSA) is 75.6 Å². The predicted molar refractivity (Wildman–Crippen MR) is 50.9 cm³/mol. The Labute approximate surface area is 80.1 Å². The average molecular weight is 192 g/mol. The Kier molecular flexibility index (Phi) is 3.06. The van der Waals surface area contributed by atoms with Crippen molar-refractivity contribution in [1.82, 2.24) is 0 Å². The van der Waals surface area contributed by atoms with Crippen LogP contribution < -0.4 is 5.32 Å². The van der Waals surface area contributed by atoms with Crippen LogP contribution in [0.25, 0.3) is 0 Å². The molecule has 0 heterocycles. The number of nitroso groups, excluding NO2 is 1. The molecular weight excluding hydrogens is 184 g/mol. The van der Waals surface area contributed by atoms with Gasteiger partial charge in [0.05, 0.1) is 0 Å². The van der Waals surface area contributed by atoms with E-state index in [1.54, 1.807) is 12.1 Å². The Balaban J connectivity index is 2.94. The predicted octanol–water partition coefficient (Wildman–Crippen LogP) is 1.55. The standard InChI is InChI=1S/C9H8N2O3/c1-6(12)10-8-4-2-3-7(5-8)9(13)11-14/h2-5H,1H3,(H,10,12). The van der Waals surface area contributed by atoms with Crippen LogP contribution in [0.15, 0.2) is 29.4 Å². The van der Waals surface area contributed by atoms with Gasteiger partial charge in [0.15, 0.2) is 0 Å². The molecule has 0 radical (unpaired) electrons. The Bertz CT molecular complexity index is 387. The van der Waals surface area contributed by atoms with Gasteiger partial charge in [-0.2, -0.15) is 0 Å². The lowest BCUT2D eigenvalue weighted by Gasteiger charge is -2.01. The lowest BCUT2D eigenvalue weighted by atomic mass is 10.2. The molecule has 0 unspecified atom stereocenters. The number of nitrogens with zero attached hydrogens (tertiary/aromatic N) is 1. The molecule has 0 aromatic heterocycles. The van der Waals surface area contributed by atoms with Crippen molar-refractivity contribution in [2.75, 3.05) is 5.32 Å². The molecule has 0 saturated carbocycles. The van der Waals surface area contributed by atoms with E-state index in [0.29, 0.717) is 5.69 Å². The number of hydrogen-bond donors (Lipinski definition) is 1. The number of carbonyl (C=O) groups is 2. The van der Waals surface area contributed by atoms with E-state index in [9.17, 15) is 14.5 Å². The number of benzene rings is 1. The summed E-state index contributed by atoms with van der Waals surface area (Å²) in [7, 11) is 0. The molecular formula is C9H8N2O3. The summed E-state index contributed by atoms with van der Waals surface area (Å²) in [6.07, 6.45) is 0. The van der Waals surface area contributed by atoms with Gasteiger partial charge in [0.1, 0.15) is 0 Å². The van der Waals surface area contributed by atoms with Crippen LogP contribution in [0.4, 0.5) is 5.69 Å². The first-order chi connectivity index (χ1) is 6.63. The molecule has 0 saturated heterocycles. The van der Waals surface area contributed by atoms with Crippen molar-refractivity contribution >= 4 is 17.5 Å². The summed E-state index contributed by atoms with van der Waals surface area (Å²) in [5, 5.41) is 4.77. The van der Waals surface area contributed by atoms with Crippen LogP contribution in [0.5, 0.6) is 0 Å². The van der Waals surface area contributed by atoms with Crippen molar-refractivity contribution in [3.8, 4) is 0 Å². The van der Waals surface area contributed by atoms with E-state index in [0.717, 1.165) is 0 Å². The Morgan fingerprint density at radius 1 is 1.36 bits per heavy atom. The maximum atomic E-state index is 10.9. The van der Waals surface area contributed by atoms with E-state index in [1.807, 2.05) is 0 Å². The summed E-state index contributed by atoms with van der Waals surface area (Å²) >= 11 is 0. The SMILES string of the molecule is CC(=O)Nc1cccc(C(=O)N=O)c1. The molecule has 0 spiro atoms. The molecule has 1 rings (SSSR count). The molecule has 1 N–H and O–H groups in total. The van der Waals surface area contributed by atoms with E-state index in [2.05, 4.69) is 10.5 Å². The molecule has 0 bridgehead atoms. The molecule has 2 amide bonds. The van der Waals surface area contributed by atoms with Crippen molar-refractivity contribution in [3.63, 3.8) is 0 Å². The van der Waals surface area contributed by atoms with E-state index in [-0.39, 0.29) is 11.5 Å². The van der Waals surface area contributed by atoms with Gasteiger partial charge in [0.2, 0.25) is 5.91 Å². The van der Waals surface area contributed by atoms with Crippen LogP contribution in [0.1, 0.15) is 17.3 Å². The third kappa shape index (κ3) is 2.48. The summed E-state index contributed by atoms with van der Waals surface area (Å²) in [5.74, 6) is -1.09. The Morgan fingerprint density at radius 3 is 2.64 bits per heavy atom.